The average molecular weight is 364 g/mol. The van der Waals surface area contributed by atoms with Crippen LogP contribution in [0.25, 0.3) is 0 Å². The first kappa shape index (κ1) is 18.5. The monoisotopic (exact) mass is 363 g/mol. The summed E-state index contributed by atoms with van der Waals surface area (Å²) in [7, 11) is 0. The van der Waals surface area contributed by atoms with Crippen LogP contribution < -0.4 is 10.6 Å². The van der Waals surface area contributed by atoms with Crippen molar-refractivity contribution >= 4 is 23.4 Å². The molecular weight excluding hydrogens is 347 g/mol. The Morgan fingerprint density at radius 2 is 2.12 bits per heavy atom. The molecule has 0 aliphatic carbocycles. The Hall–Kier alpha value is -1.80. The Balaban J connectivity index is 1.85. The summed E-state index contributed by atoms with van der Waals surface area (Å²) in [4.78, 5) is 25.2. The molecule has 9 heteroatoms. The van der Waals surface area contributed by atoms with Gasteiger partial charge in [0, 0.05) is 26.2 Å². The van der Waals surface area contributed by atoms with Gasteiger partial charge in [-0.2, -0.15) is 13.2 Å². The lowest BCUT2D eigenvalue weighted by molar-refractivity contribution is -0.137. The number of rotatable bonds is 5. The van der Waals surface area contributed by atoms with Gasteiger partial charge in [-0.15, -0.1) is 0 Å². The molecule has 132 valence electrons. The average Bonchev–Trinajstić information content (AvgIpc) is 2.50. The number of nitrogens with one attached hydrogen (secondary N) is 2. The number of amides is 2. The van der Waals surface area contributed by atoms with Gasteiger partial charge in [-0.25, -0.2) is 0 Å². The normalized spacial score (nSPS) is 15.9. The Bertz CT molecular complexity index is 622. The van der Waals surface area contributed by atoms with Crippen LogP contribution in [-0.2, 0) is 11.0 Å². The third kappa shape index (κ3) is 5.10. The second-order valence-electron chi connectivity index (χ2n) is 5.43. The van der Waals surface area contributed by atoms with E-state index in [2.05, 4.69) is 10.6 Å². The standard InChI is InChI=1S/C15H17ClF3N3O2/c16-12-3-2-10(15(17,18)19)8-11(12)14(24)21-4-1-6-22-7-5-20-13(23)9-22/h2-3,8H,1,4-7,9H2,(H,20,23)(H,21,24). The lowest BCUT2D eigenvalue weighted by Crippen LogP contribution is -2.48. The molecule has 0 saturated carbocycles. The van der Waals surface area contributed by atoms with Gasteiger partial charge in [0.15, 0.2) is 0 Å². The van der Waals surface area contributed by atoms with Crippen LogP contribution in [0.5, 0.6) is 0 Å². The number of benzene rings is 1. The Morgan fingerprint density at radius 1 is 1.38 bits per heavy atom. The molecule has 2 amide bonds. The number of hydrogen-bond acceptors (Lipinski definition) is 3. The molecule has 5 nitrogen and oxygen atoms in total. The highest BCUT2D eigenvalue weighted by molar-refractivity contribution is 6.33. The summed E-state index contributed by atoms with van der Waals surface area (Å²) in [6.07, 6.45) is -3.95. The molecule has 1 aliphatic rings. The summed E-state index contributed by atoms with van der Waals surface area (Å²) in [6.45, 7) is 2.53. The zero-order chi connectivity index (χ0) is 17.7. The zero-order valence-corrected chi connectivity index (χ0v) is 13.5. The van der Waals surface area contributed by atoms with Gasteiger partial charge in [-0.05, 0) is 24.6 Å². The molecule has 1 heterocycles. The number of alkyl halides is 3. The van der Waals surface area contributed by atoms with Crippen molar-refractivity contribution in [1.82, 2.24) is 15.5 Å². The van der Waals surface area contributed by atoms with Gasteiger partial charge in [0.05, 0.1) is 22.7 Å². The van der Waals surface area contributed by atoms with E-state index < -0.39 is 17.6 Å². The summed E-state index contributed by atoms with van der Waals surface area (Å²) in [6, 6.07) is 2.64. The highest BCUT2D eigenvalue weighted by Gasteiger charge is 2.31. The second-order valence-corrected chi connectivity index (χ2v) is 5.84. The molecule has 2 N–H and O–H groups in total. The van der Waals surface area contributed by atoms with E-state index in [1.54, 1.807) is 0 Å². The van der Waals surface area contributed by atoms with Crippen LogP contribution in [0.2, 0.25) is 5.02 Å². The predicted molar refractivity (Wildman–Crippen MR) is 82.9 cm³/mol. The summed E-state index contributed by atoms with van der Waals surface area (Å²) >= 11 is 5.81. The van der Waals surface area contributed by atoms with Gasteiger partial charge in [-0.3, -0.25) is 14.5 Å². The van der Waals surface area contributed by atoms with Crippen molar-refractivity contribution in [3.05, 3.63) is 34.3 Å². The number of carbonyl (C=O) groups is 2. The maximum Gasteiger partial charge on any atom is 0.416 e. The van der Waals surface area contributed by atoms with Crippen LogP contribution in [0.3, 0.4) is 0 Å². The van der Waals surface area contributed by atoms with Crippen LogP contribution >= 0.6 is 11.6 Å². The third-order valence-corrected chi connectivity index (χ3v) is 3.92. The lowest BCUT2D eigenvalue weighted by atomic mass is 10.1. The smallest absolute Gasteiger partial charge is 0.354 e. The number of halogens is 4. The van der Waals surface area contributed by atoms with Crippen LogP contribution in [-0.4, -0.2) is 49.4 Å². The van der Waals surface area contributed by atoms with E-state index in [9.17, 15) is 22.8 Å². The molecule has 24 heavy (non-hydrogen) atoms. The largest absolute Gasteiger partial charge is 0.416 e. The van der Waals surface area contributed by atoms with Crippen LogP contribution in [0.1, 0.15) is 22.3 Å². The van der Waals surface area contributed by atoms with Crippen molar-refractivity contribution in [2.45, 2.75) is 12.6 Å². The van der Waals surface area contributed by atoms with Gasteiger partial charge in [0.2, 0.25) is 5.91 Å². The molecule has 0 aromatic heterocycles. The number of carbonyl (C=O) groups excluding carboxylic acids is 2. The van der Waals surface area contributed by atoms with Crippen molar-refractivity contribution in [3.63, 3.8) is 0 Å². The van der Waals surface area contributed by atoms with Crippen molar-refractivity contribution in [3.8, 4) is 0 Å². The van der Waals surface area contributed by atoms with Crippen molar-refractivity contribution < 1.29 is 22.8 Å². The van der Waals surface area contributed by atoms with E-state index >= 15 is 0 Å². The molecule has 0 bridgehead atoms. The highest BCUT2D eigenvalue weighted by atomic mass is 35.5. The molecule has 0 unspecified atom stereocenters. The van der Waals surface area contributed by atoms with E-state index in [4.69, 9.17) is 11.6 Å². The van der Waals surface area contributed by atoms with Gasteiger partial charge >= 0.3 is 6.18 Å². The number of piperazine rings is 1. The molecule has 0 radical (unpaired) electrons. The predicted octanol–water partition coefficient (Wildman–Crippen LogP) is 1.91. The molecular formula is C15H17ClF3N3O2. The lowest BCUT2D eigenvalue weighted by Gasteiger charge is -2.26. The van der Waals surface area contributed by atoms with E-state index in [0.29, 0.717) is 26.1 Å². The minimum Gasteiger partial charge on any atom is -0.354 e. The molecule has 1 fully saturated rings. The Morgan fingerprint density at radius 3 is 2.79 bits per heavy atom. The van der Waals surface area contributed by atoms with Crippen molar-refractivity contribution in [2.75, 3.05) is 32.7 Å². The quantitative estimate of drug-likeness (QED) is 0.786. The van der Waals surface area contributed by atoms with Gasteiger partial charge in [0.25, 0.3) is 5.91 Å². The van der Waals surface area contributed by atoms with E-state index in [0.717, 1.165) is 24.7 Å². The maximum absolute atomic E-state index is 12.7. The molecule has 1 aromatic rings. The molecule has 1 aliphatic heterocycles. The van der Waals surface area contributed by atoms with Crippen LogP contribution in [0, 0.1) is 0 Å². The maximum atomic E-state index is 12.7. The van der Waals surface area contributed by atoms with E-state index in [-0.39, 0.29) is 23.0 Å². The summed E-state index contributed by atoms with van der Waals surface area (Å²) in [5, 5.41) is 5.23. The minimum absolute atomic E-state index is 0.0341. The highest BCUT2D eigenvalue weighted by Crippen LogP contribution is 2.31. The van der Waals surface area contributed by atoms with Crippen molar-refractivity contribution in [2.24, 2.45) is 0 Å². The van der Waals surface area contributed by atoms with E-state index in [1.807, 2.05) is 4.90 Å². The van der Waals surface area contributed by atoms with Gasteiger partial charge in [-0.1, -0.05) is 11.6 Å². The van der Waals surface area contributed by atoms with Gasteiger partial charge < -0.3 is 10.6 Å². The van der Waals surface area contributed by atoms with Gasteiger partial charge in [0.1, 0.15) is 0 Å². The first-order valence-electron chi connectivity index (χ1n) is 7.41. The number of nitrogens with zero attached hydrogens (tertiary/aromatic N) is 1. The minimum atomic E-state index is -4.53. The van der Waals surface area contributed by atoms with E-state index in [1.165, 1.54) is 0 Å². The van der Waals surface area contributed by atoms with Crippen molar-refractivity contribution in [1.29, 1.82) is 0 Å². The molecule has 1 aromatic carbocycles. The fourth-order valence-corrected chi connectivity index (χ4v) is 2.56. The Kier molecular flexibility index (Phi) is 6.06. The topological polar surface area (TPSA) is 61.4 Å². The second kappa shape index (κ2) is 7.85. The first-order chi connectivity index (χ1) is 11.3. The fraction of sp³-hybridized carbons (Fsp3) is 0.467. The molecule has 0 atom stereocenters. The number of hydrogen-bond donors (Lipinski definition) is 2. The zero-order valence-electron chi connectivity index (χ0n) is 12.8. The Labute approximate surface area is 142 Å². The summed E-state index contributed by atoms with van der Waals surface area (Å²) in [5.41, 5.74) is -1.12. The summed E-state index contributed by atoms with van der Waals surface area (Å²) in [5.74, 6) is -0.691. The van der Waals surface area contributed by atoms with Crippen LogP contribution in [0.4, 0.5) is 13.2 Å². The van der Waals surface area contributed by atoms with Crippen LogP contribution in [0.15, 0.2) is 18.2 Å². The molecule has 0 spiro atoms. The molecule has 2 rings (SSSR count). The SMILES string of the molecule is O=C1CN(CCCNC(=O)c2cc(C(F)(F)F)ccc2Cl)CCN1. The third-order valence-electron chi connectivity index (χ3n) is 3.59. The first-order valence-corrected chi connectivity index (χ1v) is 7.79. The molecule has 1 saturated heterocycles. The summed E-state index contributed by atoms with van der Waals surface area (Å²) < 4.78 is 38.1. The fourth-order valence-electron chi connectivity index (χ4n) is 2.36.